The number of hydrogen-bond acceptors (Lipinski definition) is 5. The van der Waals surface area contributed by atoms with Crippen LogP contribution in [0.1, 0.15) is 50.4 Å². The van der Waals surface area contributed by atoms with E-state index in [4.69, 9.17) is 27.9 Å². The van der Waals surface area contributed by atoms with E-state index in [1.165, 1.54) is 17.0 Å². The zero-order valence-corrected chi connectivity index (χ0v) is 22.4. The summed E-state index contributed by atoms with van der Waals surface area (Å²) in [6.45, 7) is 8.43. The van der Waals surface area contributed by atoms with Crippen LogP contribution < -0.4 is 9.64 Å². The first kappa shape index (κ1) is 26.6. The summed E-state index contributed by atoms with van der Waals surface area (Å²) in [6.07, 6.45) is 0. The molecule has 1 unspecified atom stereocenters. The van der Waals surface area contributed by atoms with Gasteiger partial charge in [0.2, 0.25) is 0 Å². The molecule has 37 heavy (non-hydrogen) atoms. The molecule has 0 spiro atoms. The molecule has 6 nitrogen and oxygen atoms in total. The van der Waals surface area contributed by atoms with Crippen LogP contribution in [0.3, 0.4) is 0 Å². The van der Waals surface area contributed by atoms with Gasteiger partial charge in [-0.15, -0.1) is 0 Å². The second kappa shape index (κ2) is 10.1. The molecular formula is C29H27Cl2NO5. The van der Waals surface area contributed by atoms with E-state index in [1.807, 2.05) is 27.7 Å². The van der Waals surface area contributed by atoms with Gasteiger partial charge in [-0.1, -0.05) is 50.0 Å². The smallest absolute Gasteiger partial charge is 0.300 e. The van der Waals surface area contributed by atoms with E-state index in [0.29, 0.717) is 34.2 Å². The average Bonchev–Trinajstić information content (AvgIpc) is 3.11. The van der Waals surface area contributed by atoms with Gasteiger partial charge in [0.1, 0.15) is 17.3 Å². The van der Waals surface area contributed by atoms with Crippen molar-refractivity contribution in [2.45, 2.75) is 39.2 Å². The lowest BCUT2D eigenvalue weighted by Gasteiger charge is -2.26. The second-order valence-corrected chi connectivity index (χ2v) is 10.6. The van der Waals surface area contributed by atoms with Gasteiger partial charge < -0.3 is 14.9 Å². The Bertz CT molecular complexity index is 1410. The highest BCUT2D eigenvalue weighted by Gasteiger charge is 2.47. The first-order valence-corrected chi connectivity index (χ1v) is 12.5. The van der Waals surface area contributed by atoms with Crippen molar-refractivity contribution >= 4 is 46.3 Å². The molecule has 2 N–H and O–H groups in total. The number of aromatic hydroxyl groups is 1. The molecule has 3 aromatic carbocycles. The second-order valence-electron chi connectivity index (χ2n) is 9.75. The molecule has 0 aliphatic carbocycles. The highest BCUT2D eigenvalue weighted by Crippen LogP contribution is 2.44. The fourth-order valence-electron chi connectivity index (χ4n) is 4.41. The Kier molecular flexibility index (Phi) is 7.27. The topological polar surface area (TPSA) is 87.1 Å². The van der Waals surface area contributed by atoms with Gasteiger partial charge in [-0.25, -0.2) is 0 Å². The van der Waals surface area contributed by atoms with E-state index in [9.17, 15) is 19.8 Å². The maximum Gasteiger partial charge on any atom is 0.300 e. The van der Waals surface area contributed by atoms with E-state index in [-0.39, 0.29) is 27.5 Å². The fraction of sp³-hybridized carbons (Fsp3) is 0.241. The molecule has 3 aromatic rings. The zero-order valence-electron chi connectivity index (χ0n) is 20.9. The molecule has 1 heterocycles. The Morgan fingerprint density at radius 3 is 2.27 bits per heavy atom. The fourth-order valence-corrected chi connectivity index (χ4v) is 4.72. The number of anilines is 1. The SMILES string of the molecule is CCOc1ccc(/C(O)=C2/C(=O)C(=O)N(c3ccc(Cl)cc3)C2c2ccc(O)c(Cl)c2)cc1C(C)(C)C. The number of rotatable bonds is 5. The van der Waals surface area contributed by atoms with Crippen molar-refractivity contribution < 1.29 is 24.5 Å². The van der Waals surface area contributed by atoms with Gasteiger partial charge in [-0.3, -0.25) is 14.5 Å². The number of nitrogens with zero attached hydrogens (tertiary/aromatic N) is 1. The van der Waals surface area contributed by atoms with Crippen LogP contribution in [0.2, 0.25) is 10.0 Å². The van der Waals surface area contributed by atoms with Crippen molar-refractivity contribution in [3.63, 3.8) is 0 Å². The lowest BCUT2D eigenvalue weighted by atomic mass is 9.84. The van der Waals surface area contributed by atoms with Crippen molar-refractivity contribution in [2.24, 2.45) is 0 Å². The maximum atomic E-state index is 13.4. The molecule has 1 fully saturated rings. The number of carbonyl (C=O) groups is 2. The molecule has 192 valence electrons. The number of Topliss-reactive ketones (excluding diaryl/α,β-unsaturated/α-hetero) is 1. The van der Waals surface area contributed by atoms with Crippen LogP contribution in [0.15, 0.2) is 66.2 Å². The Labute approximate surface area is 225 Å². The molecule has 1 aliphatic heterocycles. The first-order chi connectivity index (χ1) is 17.4. The predicted octanol–water partition coefficient (Wildman–Crippen LogP) is 7.02. The van der Waals surface area contributed by atoms with Gasteiger partial charge in [0.25, 0.3) is 11.7 Å². The Morgan fingerprint density at radius 2 is 1.68 bits per heavy atom. The molecule has 1 amide bonds. The third kappa shape index (κ3) is 5.04. The Balaban J connectivity index is 1.96. The number of aliphatic hydroxyl groups is 1. The number of phenols is 1. The zero-order chi connectivity index (χ0) is 27.1. The molecule has 0 aromatic heterocycles. The minimum absolute atomic E-state index is 0.0512. The van der Waals surface area contributed by atoms with Gasteiger partial charge in [0.15, 0.2) is 0 Å². The van der Waals surface area contributed by atoms with E-state index < -0.39 is 17.7 Å². The van der Waals surface area contributed by atoms with Gasteiger partial charge in [0, 0.05) is 21.8 Å². The number of ether oxygens (including phenoxy) is 1. The minimum atomic E-state index is -0.996. The highest BCUT2D eigenvalue weighted by atomic mass is 35.5. The largest absolute Gasteiger partial charge is 0.507 e. The van der Waals surface area contributed by atoms with E-state index in [0.717, 1.165) is 5.56 Å². The Hall–Kier alpha value is -3.48. The molecule has 0 bridgehead atoms. The molecule has 0 saturated carbocycles. The summed E-state index contributed by atoms with van der Waals surface area (Å²) in [6, 6.07) is 15.1. The lowest BCUT2D eigenvalue weighted by Crippen LogP contribution is -2.29. The third-order valence-corrected chi connectivity index (χ3v) is 6.75. The summed E-state index contributed by atoms with van der Waals surface area (Å²) in [5, 5.41) is 22.0. The van der Waals surface area contributed by atoms with Crippen molar-refractivity contribution in [3.05, 3.63) is 93.0 Å². The summed E-state index contributed by atoms with van der Waals surface area (Å²) in [5.74, 6) is -1.43. The molecular weight excluding hydrogens is 513 g/mol. The predicted molar refractivity (Wildman–Crippen MR) is 146 cm³/mol. The van der Waals surface area contributed by atoms with Crippen LogP contribution in [-0.2, 0) is 15.0 Å². The van der Waals surface area contributed by atoms with Crippen molar-refractivity contribution in [3.8, 4) is 11.5 Å². The minimum Gasteiger partial charge on any atom is -0.507 e. The van der Waals surface area contributed by atoms with Crippen LogP contribution in [0, 0.1) is 0 Å². The highest BCUT2D eigenvalue weighted by molar-refractivity contribution is 6.51. The van der Waals surface area contributed by atoms with Crippen molar-refractivity contribution in [2.75, 3.05) is 11.5 Å². The molecule has 1 aliphatic rings. The summed E-state index contributed by atoms with van der Waals surface area (Å²) in [5.41, 5.74) is 1.67. The summed E-state index contributed by atoms with van der Waals surface area (Å²) >= 11 is 12.2. The Morgan fingerprint density at radius 1 is 1.00 bits per heavy atom. The van der Waals surface area contributed by atoms with E-state index in [1.54, 1.807) is 48.5 Å². The van der Waals surface area contributed by atoms with E-state index in [2.05, 4.69) is 0 Å². The van der Waals surface area contributed by atoms with Crippen molar-refractivity contribution in [1.29, 1.82) is 0 Å². The van der Waals surface area contributed by atoms with Crippen LogP contribution in [-0.4, -0.2) is 28.5 Å². The number of hydrogen-bond donors (Lipinski definition) is 2. The van der Waals surface area contributed by atoms with Gasteiger partial charge in [0.05, 0.1) is 23.2 Å². The lowest BCUT2D eigenvalue weighted by molar-refractivity contribution is -0.132. The number of ketones is 1. The molecule has 1 saturated heterocycles. The summed E-state index contributed by atoms with van der Waals surface area (Å²) in [7, 11) is 0. The summed E-state index contributed by atoms with van der Waals surface area (Å²) < 4.78 is 5.79. The standard InChI is InChI=1S/C29H27Cl2NO5/c1-5-37-23-13-7-17(14-20(23)29(2,3)4)26(34)24-25(16-6-12-22(33)21(31)15-16)32(28(36)27(24)35)19-10-8-18(30)9-11-19/h6-15,25,33-34H,5H2,1-4H3/b26-24-. The van der Waals surface area contributed by atoms with Crippen LogP contribution in [0.25, 0.3) is 5.76 Å². The number of aliphatic hydroxyl groups excluding tert-OH is 1. The van der Waals surface area contributed by atoms with Crippen molar-refractivity contribution in [1.82, 2.24) is 0 Å². The number of benzene rings is 3. The quantitative estimate of drug-likeness (QED) is 0.206. The van der Waals surface area contributed by atoms with Crippen LogP contribution >= 0.6 is 23.2 Å². The molecule has 8 heteroatoms. The van der Waals surface area contributed by atoms with Gasteiger partial charge in [-0.05, 0) is 72.5 Å². The van der Waals surface area contributed by atoms with Crippen LogP contribution in [0.5, 0.6) is 11.5 Å². The number of halogens is 2. The molecule has 1 atom stereocenters. The first-order valence-electron chi connectivity index (χ1n) is 11.8. The number of carbonyl (C=O) groups excluding carboxylic acids is 2. The monoisotopic (exact) mass is 539 g/mol. The number of amides is 1. The maximum absolute atomic E-state index is 13.4. The summed E-state index contributed by atoms with van der Waals surface area (Å²) in [4.78, 5) is 28.0. The third-order valence-electron chi connectivity index (χ3n) is 6.20. The molecule has 0 radical (unpaired) electrons. The molecule has 4 rings (SSSR count). The van der Waals surface area contributed by atoms with Gasteiger partial charge in [-0.2, -0.15) is 0 Å². The normalized spacial score (nSPS) is 17.4. The van der Waals surface area contributed by atoms with Gasteiger partial charge >= 0.3 is 0 Å². The van der Waals surface area contributed by atoms with E-state index >= 15 is 0 Å². The van der Waals surface area contributed by atoms with Crippen LogP contribution in [0.4, 0.5) is 5.69 Å². The number of phenolic OH excluding ortho intramolecular Hbond substituents is 1. The average molecular weight is 540 g/mol.